The molecule has 0 saturated heterocycles. The first-order valence-electron chi connectivity index (χ1n) is 3.40. The second-order valence-electron chi connectivity index (χ2n) is 2.51. The third kappa shape index (κ3) is 2.42. The fraction of sp³-hybridized carbons (Fsp3) is 0. The molecule has 0 aromatic heterocycles. The molecule has 4 nitrogen and oxygen atoms in total. The van der Waals surface area contributed by atoms with Gasteiger partial charge in [0.2, 0.25) is 0 Å². The van der Waals surface area contributed by atoms with Crippen molar-refractivity contribution in [3.05, 3.63) is 29.3 Å². The zero-order valence-electron chi connectivity index (χ0n) is 6.87. The van der Waals surface area contributed by atoms with Crippen molar-refractivity contribution in [3.8, 4) is 0 Å². The first kappa shape index (κ1) is 11.9. The minimum atomic E-state index is -4.58. The minimum absolute atomic E-state index is 0.238. The van der Waals surface area contributed by atoms with Gasteiger partial charge in [-0.15, -0.1) is 0 Å². The standard InChI is InChI=1S/C7H3ClF2O4S/c8-15(13,14)6-4(7(11)12)1-3(9)2-5(6)10/h1-2H,(H,11,12). The number of carbonyl (C=O) groups is 1. The van der Waals surface area contributed by atoms with Crippen LogP contribution in [0.1, 0.15) is 10.4 Å². The Kier molecular flexibility index (Phi) is 2.96. The van der Waals surface area contributed by atoms with E-state index in [1.54, 1.807) is 0 Å². The zero-order valence-corrected chi connectivity index (χ0v) is 8.44. The molecule has 0 bridgehead atoms. The molecule has 0 aliphatic rings. The highest BCUT2D eigenvalue weighted by atomic mass is 35.7. The minimum Gasteiger partial charge on any atom is -0.478 e. The van der Waals surface area contributed by atoms with Crippen LogP contribution in [0.5, 0.6) is 0 Å². The number of rotatable bonds is 2. The van der Waals surface area contributed by atoms with Crippen molar-refractivity contribution < 1.29 is 27.1 Å². The monoisotopic (exact) mass is 256 g/mol. The normalized spacial score (nSPS) is 11.4. The molecular formula is C7H3ClF2O4S. The summed E-state index contributed by atoms with van der Waals surface area (Å²) in [5.41, 5.74) is -1.04. The Bertz CT molecular complexity index is 526. The number of aromatic carboxylic acids is 1. The number of hydrogen-bond donors (Lipinski definition) is 1. The Hall–Kier alpha value is -1.21. The maximum Gasteiger partial charge on any atom is 0.337 e. The molecule has 1 aromatic rings. The van der Waals surface area contributed by atoms with Crippen LogP contribution in [0.15, 0.2) is 17.0 Å². The van der Waals surface area contributed by atoms with Crippen LogP contribution in [0.3, 0.4) is 0 Å². The van der Waals surface area contributed by atoms with Crippen LogP contribution in [-0.4, -0.2) is 19.5 Å². The molecule has 0 radical (unpaired) electrons. The molecule has 1 N–H and O–H groups in total. The van der Waals surface area contributed by atoms with Crippen LogP contribution < -0.4 is 0 Å². The quantitative estimate of drug-likeness (QED) is 0.816. The van der Waals surface area contributed by atoms with Crippen molar-refractivity contribution >= 4 is 25.7 Å². The lowest BCUT2D eigenvalue weighted by atomic mass is 10.2. The van der Waals surface area contributed by atoms with Gasteiger partial charge in [0.15, 0.2) is 0 Å². The largest absolute Gasteiger partial charge is 0.478 e. The van der Waals surface area contributed by atoms with Crippen molar-refractivity contribution in [2.24, 2.45) is 0 Å². The van der Waals surface area contributed by atoms with Crippen molar-refractivity contribution in [3.63, 3.8) is 0 Å². The van der Waals surface area contributed by atoms with Crippen molar-refractivity contribution in [1.82, 2.24) is 0 Å². The summed E-state index contributed by atoms with van der Waals surface area (Å²) in [5, 5.41) is 8.52. The molecule has 0 fully saturated rings. The lowest BCUT2D eigenvalue weighted by Crippen LogP contribution is -2.08. The molecule has 1 rings (SSSR count). The van der Waals surface area contributed by atoms with Gasteiger partial charge in [0.1, 0.15) is 16.5 Å². The summed E-state index contributed by atoms with van der Waals surface area (Å²) >= 11 is 0. The molecule has 1 aromatic carbocycles. The van der Waals surface area contributed by atoms with E-state index in [1.807, 2.05) is 0 Å². The second kappa shape index (κ2) is 3.74. The van der Waals surface area contributed by atoms with E-state index < -0.39 is 37.1 Å². The van der Waals surface area contributed by atoms with Gasteiger partial charge in [-0.1, -0.05) is 0 Å². The van der Waals surface area contributed by atoms with E-state index in [4.69, 9.17) is 15.8 Å². The van der Waals surface area contributed by atoms with E-state index in [0.717, 1.165) is 0 Å². The number of benzene rings is 1. The molecule has 0 saturated carbocycles. The number of halogens is 3. The van der Waals surface area contributed by atoms with Crippen molar-refractivity contribution in [1.29, 1.82) is 0 Å². The fourth-order valence-corrected chi connectivity index (χ4v) is 2.14. The highest BCUT2D eigenvalue weighted by Gasteiger charge is 2.26. The molecule has 0 heterocycles. The molecule has 0 unspecified atom stereocenters. The smallest absolute Gasteiger partial charge is 0.337 e. The second-order valence-corrected chi connectivity index (χ2v) is 5.01. The van der Waals surface area contributed by atoms with Crippen LogP contribution in [0, 0.1) is 11.6 Å². The van der Waals surface area contributed by atoms with Gasteiger partial charge in [-0.2, -0.15) is 0 Å². The SMILES string of the molecule is O=C(O)c1cc(F)cc(F)c1S(=O)(=O)Cl. The highest BCUT2D eigenvalue weighted by Crippen LogP contribution is 2.24. The molecular weight excluding hydrogens is 254 g/mol. The molecule has 15 heavy (non-hydrogen) atoms. The summed E-state index contributed by atoms with van der Waals surface area (Å²) in [4.78, 5) is 9.28. The van der Waals surface area contributed by atoms with Gasteiger partial charge < -0.3 is 5.11 Å². The van der Waals surface area contributed by atoms with Gasteiger partial charge in [0.05, 0.1) is 5.56 Å². The number of carboxylic acids is 1. The maximum atomic E-state index is 13.0. The molecule has 8 heteroatoms. The van der Waals surface area contributed by atoms with E-state index in [2.05, 4.69) is 0 Å². The Morgan fingerprint density at radius 3 is 2.27 bits per heavy atom. The van der Waals surface area contributed by atoms with Crippen LogP contribution in [0.2, 0.25) is 0 Å². The average Bonchev–Trinajstić information content (AvgIpc) is 1.99. The highest BCUT2D eigenvalue weighted by molar-refractivity contribution is 8.13. The summed E-state index contributed by atoms with van der Waals surface area (Å²) in [6.07, 6.45) is 0. The zero-order chi connectivity index (χ0) is 11.8. The summed E-state index contributed by atoms with van der Waals surface area (Å²) in [5.74, 6) is -4.52. The Balaban J connectivity index is 3.70. The van der Waals surface area contributed by atoms with Crippen molar-refractivity contribution in [2.75, 3.05) is 0 Å². The van der Waals surface area contributed by atoms with Crippen LogP contribution in [0.25, 0.3) is 0 Å². The van der Waals surface area contributed by atoms with Gasteiger partial charge >= 0.3 is 5.97 Å². The van der Waals surface area contributed by atoms with Crippen LogP contribution in [0.4, 0.5) is 8.78 Å². The van der Waals surface area contributed by atoms with Crippen LogP contribution in [-0.2, 0) is 9.05 Å². The van der Waals surface area contributed by atoms with E-state index in [0.29, 0.717) is 6.07 Å². The van der Waals surface area contributed by atoms with E-state index in [-0.39, 0.29) is 6.07 Å². The Labute approximate surface area is 87.5 Å². The van der Waals surface area contributed by atoms with Crippen LogP contribution >= 0.6 is 10.7 Å². The third-order valence-corrected chi connectivity index (χ3v) is 2.85. The first-order valence-corrected chi connectivity index (χ1v) is 5.71. The molecule has 0 aliphatic heterocycles. The molecule has 0 amide bonds. The predicted molar refractivity (Wildman–Crippen MR) is 46.4 cm³/mol. The molecule has 82 valence electrons. The summed E-state index contributed by atoms with van der Waals surface area (Å²) in [6.45, 7) is 0. The molecule has 0 aliphatic carbocycles. The van der Waals surface area contributed by atoms with Gasteiger partial charge in [-0.3, -0.25) is 0 Å². The molecule has 0 spiro atoms. The third-order valence-electron chi connectivity index (χ3n) is 1.48. The fourth-order valence-electron chi connectivity index (χ4n) is 0.967. The average molecular weight is 257 g/mol. The lowest BCUT2D eigenvalue weighted by Gasteiger charge is -2.03. The summed E-state index contributed by atoms with van der Waals surface area (Å²) in [6, 6.07) is 0.613. The summed E-state index contributed by atoms with van der Waals surface area (Å²) < 4.78 is 47.3. The topological polar surface area (TPSA) is 71.4 Å². The number of hydrogen-bond acceptors (Lipinski definition) is 3. The Morgan fingerprint density at radius 1 is 1.33 bits per heavy atom. The predicted octanol–water partition coefficient (Wildman–Crippen LogP) is 1.59. The van der Waals surface area contributed by atoms with Crippen molar-refractivity contribution in [2.45, 2.75) is 4.90 Å². The lowest BCUT2D eigenvalue weighted by molar-refractivity contribution is 0.0691. The van der Waals surface area contributed by atoms with E-state index >= 15 is 0 Å². The van der Waals surface area contributed by atoms with Gasteiger partial charge in [-0.05, 0) is 6.07 Å². The number of carboxylic acid groups (broad SMARTS) is 1. The van der Waals surface area contributed by atoms with Gasteiger partial charge in [0, 0.05) is 16.7 Å². The van der Waals surface area contributed by atoms with Gasteiger partial charge in [0.25, 0.3) is 9.05 Å². The maximum absolute atomic E-state index is 13.0. The Morgan fingerprint density at radius 2 is 1.87 bits per heavy atom. The first-order chi connectivity index (χ1) is 6.73. The van der Waals surface area contributed by atoms with Gasteiger partial charge in [-0.25, -0.2) is 22.0 Å². The van der Waals surface area contributed by atoms with E-state index in [1.165, 1.54) is 0 Å². The molecule has 0 atom stereocenters. The van der Waals surface area contributed by atoms with E-state index in [9.17, 15) is 22.0 Å². The summed E-state index contributed by atoms with van der Waals surface area (Å²) in [7, 11) is 0.236.